The molecule has 208 valence electrons. The third kappa shape index (κ3) is 3.44. The van der Waals surface area contributed by atoms with Crippen LogP contribution in [0.3, 0.4) is 0 Å². The summed E-state index contributed by atoms with van der Waals surface area (Å²) in [7, 11) is 2.14. The Morgan fingerprint density at radius 3 is 1.27 bits per heavy atom. The summed E-state index contributed by atoms with van der Waals surface area (Å²) < 4.78 is 6.64. The molecule has 0 amide bonds. The smallest absolute Gasteiger partial charge is 0.234 e. The fraction of sp³-hybridized carbons (Fsp3) is 0.0270. The third-order valence-corrected chi connectivity index (χ3v) is 8.57. The van der Waals surface area contributed by atoms with Crippen molar-refractivity contribution in [1.82, 2.24) is 33.6 Å². The van der Waals surface area contributed by atoms with Crippen LogP contribution in [0.4, 0.5) is 0 Å². The van der Waals surface area contributed by atoms with Crippen LogP contribution in [0.5, 0.6) is 0 Å². The van der Waals surface area contributed by atoms with Gasteiger partial charge in [0.25, 0.3) is 0 Å². The maximum Gasteiger partial charge on any atom is 0.234 e. The molecule has 7 heteroatoms. The van der Waals surface area contributed by atoms with Crippen molar-refractivity contribution in [2.45, 2.75) is 0 Å². The van der Waals surface area contributed by atoms with Crippen LogP contribution in [0.2, 0.25) is 0 Å². The molecule has 9 rings (SSSR count). The SMILES string of the molecule is Cn1c(-c2cccc3c4ccccc4n(-c4ncccn4)c23)ccc1-c1cccc2c3ccccc3n(-c3ncccn3)c12. The van der Waals surface area contributed by atoms with E-state index >= 15 is 0 Å². The third-order valence-electron chi connectivity index (χ3n) is 8.57. The van der Waals surface area contributed by atoms with E-state index in [0.29, 0.717) is 11.9 Å². The van der Waals surface area contributed by atoms with E-state index in [1.54, 1.807) is 24.8 Å². The molecule has 5 heterocycles. The Bertz CT molecular complexity index is 2330. The van der Waals surface area contributed by atoms with E-state index in [-0.39, 0.29) is 0 Å². The van der Waals surface area contributed by atoms with Crippen LogP contribution < -0.4 is 0 Å². The van der Waals surface area contributed by atoms with E-state index < -0.39 is 0 Å². The molecule has 0 saturated carbocycles. The van der Waals surface area contributed by atoms with Crippen molar-refractivity contribution >= 4 is 43.6 Å². The van der Waals surface area contributed by atoms with Gasteiger partial charge in [0.05, 0.1) is 33.5 Å². The van der Waals surface area contributed by atoms with Crippen LogP contribution in [0.15, 0.2) is 134 Å². The standard InChI is InChI=1S/C37H25N7/c1-42-30(28-14-6-12-26-24-10-2-4-16-32(24)43(34(26)28)36-38-20-8-21-39-36)18-19-31(42)29-15-7-13-27-25-11-3-5-17-33(25)44(35(27)29)37-40-22-9-23-41-37/h2-23H,1H3. The zero-order valence-electron chi connectivity index (χ0n) is 23.8. The molecule has 0 aliphatic rings. The number of hydrogen-bond donors (Lipinski definition) is 0. The maximum atomic E-state index is 4.66. The second kappa shape index (κ2) is 9.47. The fourth-order valence-corrected chi connectivity index (χ4v) is 6.73. The molecule has 0 unspecified atom stereocenters. The zero-order chi connectivity index (χ0) is 29.2. The molecule has 7 nitrogen and oxygen atoms in total. The van der Waals surface area contributed by atoms with Crippen LogP contribution in [0.1, 0.15) is 0 Å². The second-order valence-electron chi connectivity index (χ2n) is 10.9. The van der Waals surface area contributed by atoms with Gasteiger partial charge in [-0.2, -0.15) is 0 Å². The normalized spacial score (nSPS) is 11.8. The van der Waals surface area contributed by atoms with Crippen molar-refractivity contribution in [2.75, 3.05) is 0 Å². The van der Waals surface area contributed by atoms with Gasteiger partial charge in [-0.05, 0) is 36.4 Å². The van der Waals surface area contributed by atoms with E-state index in [0.717, 1.165) is 55.4 Å². The lowest BCUT2D eigenvalue weighted by molar-refractivity contribution is 0.941. The quantitative estimate of drug-likeness (QED) is 0.215. The Morgan fingerprint density at radius 1 is 0.409 bits per heavy atom. The van der Waals surface area contributed by atoms with Gasteiger partial charge in [-0.25, -0.2) is 19.9 Å². The Kier molecular flexibility index (Phi) is 5.28. The lowest BCUT2D eigenvalue weighted by atomic mass is 10.1. The molecule has 4 aromatic carbocycles. The molecule has 0 radical (unpaired) electrons. The van der Waals surface area contributed by atoms with E-state index in [2.05, 4.69) is 138 Å². The molecule has 0 N–H and O–H groups in total. The van der Waals surface area contributed by atoms with Gasteiger partial charge in [0.1, 0.15) is 0 Å². The highest BCUT2D eigenvalue weighted by Crippen LogP contribution is 2.41. The van der Waals surface area contributed by atoms with Gasteiger partial charge >= 0.3 is 0 Å². The lowest BCUT2D eigenvalue weighted by Crippen LogP contribution is -2.03. The van der Waals surface area contributed by atoms with E-state index in [1.165, 1.54) is 10.8 Å². The molecule has 0 bridgehead atoms. The van der Waals surface area contributed by atoms with Crippen LogP contribution in [-0.4, -0.2) is 33.6 Å². The van der Waals surface area contributed by atoms with Crippen molar-refractivity contribution in [2.24, 2.45) is 7.05 Å². The molecule has 0 aliphatic heterocycles. The summed E-state index contributed by atoms with van der Waals surface area (Å²) in [6.07, 6.45) is 7.18. The summed E-state index contributed by atoms with van der Waals surface area (Å²) in [5.41, 5.74) is 8.73. The van der Waals surface area contributed by atoms with Crippen molar-refractivity contribution in [3.8, 4) is 34.4 Å². The predicted molar refractivity (Wildman–Crippen MR) is 176 cm³/mol. The minimum atomic E-state index is 0.651. The summed E-state index contributed by atoms with van der Waals surface area (Å²) in [6, 6.07) is 38.1. The van der Waals surface area contributed by atoms with Crippen molar-refractivity contribution in [3.05, 3.63) is 134 Å². The molecule has 0 spiro atoms. The maximum absolute atomic E-state index is 4.66. The summed E-state index contributed by atoms with van der Waals surface area (Å²) in [5, 5.41) is 4.67. The zero-order valence-corrected chi connectivity index (χ0v) is 23.8. The summed E-state index contributed by atoms with van der Waals surface area (Å²) in [6.45, 7) is 0. The van der Waals surface area contributed by atoms with Gasteiger partial charge in [0, 0.05) is 64.5 Å². The molecule has 0 atom stereocenters. The Balaban J connectivity index is 1.33. The van der Waals surface area contributed by atoms with Crippen molar-refractivity contribution in [3.63, 3.8) is 0 Å². The number of para-hydroxylation sites is 4. The van der Waals surface area contributed by atoms with Gasteiger partial charge in [0.15, 0.2) is 0 Å². The van der Waals surface area contributed by atoms with Gasteiger partial charge in [-0.3, -0.25) is 9.13 Å². The number of aromatic nitrogens is 7. The van der Waals surface area contributed by atoms with Gasteiger partial charge in [-0.1, -0.05) is 72.8 Å². The van der Waals surface area contributed by atoms with Crippen molar-refractivity contribution in [1.29, 1.82) is 0 Å². The molecule has 5 aromatic heterocycles. The molecule has 9 aromatic rings. The average molecular weight is 568 g/mol. The first-order valence-electron chi connectivity index (χ1n) is 14.6. The lowest BCUT2D eigenvalue weighted by Gasteiger charge is -2.14. The highest BCUT2D eigenvalue weighted by atomic mass is 15.2. The van der Waals surface area contributed by atoms with Gasteiger partial charge < -0.3 is 4.57 Å². The minimum Gasteiger partial charge on any atom is -0.344 e. The number of rotatable bonds is 4. The average Bonchev–Trinajstić information content (AvgIpc) is 3.75. The van der Waals surface area contributed by atoms with Gasteiger partial charge in [0.2, 0.25) is 11.9 Å². The van der Waals surface area contributed by atoms with E-state index in [4.69, 9.17) is 0 Å². The van der Waals surface area contributed by atoms with E-state index in [9.17, 15) is 0 Å². The Hall–Kier alpha value is -6.08. The summed E-state index contributed by atoms with van der Waals surface area (Å²) in [5.74, 6) is 1.30. The second-order valence-corrected chi connectivity index (χ2v) is 10.9. The highest BCUT2D eigenvalue weighted by Gasteiger charge is 2.22. The topological polar surface area (TPSA) is 66.3 Å². The molecular weight excluding hydrogens is 542 g/mol. The van der Waals surface area contributed by atoms with Crippen molar-refractivity contribution < 1.29 is 0 Å². The fourth-order valence-electron chi connectivity index (χ4n) is 6.73. The molecule has 0 saturated heterocycles. The Morgan fingerprint density at radius 2 is 0.818 bits per heavy atom. The molecular formula is C37H25N7. The minimum absolute atomic E-state index is 0.651. The highest BCUT2D eigenvalue weighted by molar-refractivity contribution is 6.15. The largest absolute Gasteiger partial charge is 0.344 e. The Labute approximate surface area is 252 Å². The summed E-state index contributed by atoms with van der Waals surface area (Å²) >= 11 is 0. The number of fused-ring (bicyclic) bond motifs is 6. The molecule has 0 fully saturated rings. The van der Waals surface area contributed by atoms with Crippen LogP contribution in [-0.2, 0) is 7.05 Å². The van der Waals surface area contributed by atoms with Crippen LogP contribution in [0, 0.1) is 0 Å². The monoisotopic (exact) mass is 567 g/mol. The van der Waals surface area contributed by atoms with Crippen LogP contribution in [0.25, 0.3) is 78.0 Å². The number of hydrogen-bond acceptors (Lipinski definition) is 4. The summed E-state index contributed by atoms with van der Waals surface area (Å²) in [4.78, 5) is 18.6. The van der Waals surface area contributed by atoms with Gasteiger partial charge in [-0.15, -0.1) is 0 Å². The number of benzene rings is 4. The first-order chi connectivity index (χ1) is 21.8. The first kappa shape index (κ1) is 24.5. The van der Waals surface area contributed by atoms with Crippen LogP contribution >= 0.6 is 0 Å². The number of nitrogens with zero attached hydrogens (tertiary/aromatic N) is 7. The first-order valence-corrected chi connectivity index (χ1v) is 14.6. The van der Waals surface area contributed by atoms with E-state index in [1.807, 2.05) is 12.1 Å². The molecule has 44 heavy (non-hydrogen) atoms. The predicted octanol–water partition coefficient (Wildman–Crippen LogP) is 8.13. The molecule has 0 aliphatic carbocycles.